The third-order valence-corrected chi connectivity index (χ3v) is 7.32. The highest BCUT2D eigenvalue weighted by Crippen LogP contribution is 2.30. The van der Waals surface area contributed by atoms with Gasteiger partial charge in [0.1, 0.15) is 18.2 Å². The van der Waals surface area contributed by atoms with Crippen LogP contribution >= 0.6 is 11.6 Å². The highest BCUT2D eigenvalue weighted by molar-refractivity contribution is 6.23. The van der Waals surface area contributed by atoms with Gasteiger partial charge in [0.05, 0.1) is 23.7 Å². The van der Waals surface area contributed by atoms with E-state index in [1.807, 2.05) is 19.9 Å². The van der Waals surface area contributed by atoms with E-state index in [2.05, 4.69) is 20.2 Å². The van der Waals surface area contributed by atoms with Gasteiger partial charge in [-0.15, -0.1) is 11.6 Å². The lowest BCUT2D eigenvalue weighted by molar-refractivity contribution is -0.123. The van der Waals surface area contributed by atoms with Crippen molar-refractivity contribution in [2.45, 2.75) is 64.8 Å². The number of amides is 1. The van der Waals surface area contributed by atoms with E-state index >= 15 is 0 Å². The van der Waals surface area contributed by atoms with Crippen LogP contribution in [0.1, 0.15) is 46.5 Å². The number of nitrogens with one attached hydrogen (secondary N) is 1. The topological polar surface area (TPSA) is 102 Å². The Bertz CT molecular complexity index is 1090. The van der Waals surface area contributed by atoms with Gasteiger partial charge in [-0.2, -0.15) is 0 Å². The molecule has 10 heteroatoms. The van der Waals surface area contributed by atoms with Crippen LogP contribution in [-0.4, -0.2) is 73.9 Å². The van der Waals surface area contributed by atoms with Crippen molar-refractivity contribution in [2.75, 3.05) is 32.6 Å². The minimum atomic E-state index is -0.392. The molecule has 0 radical (unpaired) electrons. The Kier molecular flexibility index (Phi) is 12.0. The normalized spacial score (nSPS) is 27.5. The number of nitrogens with zero attached hydrogens (tertiary/aromatic N) is 3. The third-order valence-electron chi connectivity index (χ3n) is 7.05. The van der Waals surface area contributed by atoms with E-state index in [1.54, 1.807) is 44.6 Å². The van der Waals surface area contributed by atoms with Gasteiger partial charge in [0.15, 0.2) is 0 Å². The van der Waals surface area contributed by atoms with Gasteiger partial charge >= 0.3 is 0 Å². The molecule has 2 saturated heterocycles. The third kappa shape index (κ3) is 8.37. The number of nitrogens with two attached hydrogens (primary N) is 1. The SMILES string of the molecule is C\C=C/N=C(\C=C(/C)C1=C(F)[C@H](C)[C@@H](N)C=C1)O[C@@H]1CCN(C(/C=N\C)=C(\CCl)C(=O)NC2CCCCO2)C1. The molecule has 1 unspecified atom stereocenters. The van der Waals surface area contributed by atoms with Crippen LogP contribution in [0, 0.1) is 5.92 Å². The molecule has 39 heavy (non-hydrogen) atoms. The fourth-order valence-corrected chi connectivity index (χ4v) is 4.98. The fourth-order valence-electron chi connectivity index (χ4n) is 4.72. The van der Waals surface area contributed by atoms with Crippen molar-refractivity contribution in [1.29, 1.82) is 0 Å². The minimum Gasteiger partial charge on any atom is -0.472 e. The molecule has 214 valence electrons. The number of likely N-dealkylation sites (tertiary alicyclic amines) is 1. The first-order chi connectivity index (χ1) is 18.8. The Morgan fingerprint density at radius 3 is 2.85 bits per heavy atom. The van der Waals surface area contributed by atoms with Crippen molar-refractivity contribution in [1.82, 2.24) is 10.2 Å². The standard InChI is InChI=1S/C29H41ClFN5O3/c1-5-12-34-27(15-19(2)22-9-10-24(32)20(3)28(22)31)39-21-11-13-36(18-21)25(17-33-4)23(16-30)29(37)35-26-8-6-7-14-38-26/h5,9-10,12,15,17,20-21,24,26H,6-8,11,13-14,16,18,32H2,1-4H3,(H,35,37)/b12-5-,19-15+,25-23+,33-17-,34-27+/t20-,21-,24+,26?/m1/s1. The number of rotatable bonds is 9. The second-order valence-electron chi connectivity index (χ2n) is 9.95. The van der Waals surface area contributed by atoms with Crippen molar-refractivity contribution >= 4 is 29.6 Å². The van der Waals surface area contributed by atoms with Crippen molar-refractivity contribution in [3.8, 4) is 0 Å². The van der Waals surface area contributed by atoms with Crippen LogP contribution in [0.25, 0.3) is 0 Å². The predicted octanol–water partition coefficient (Wildman–Crippen LogP) is 4.55. The van der Waals surface area contributed by atoms with Gasteiger partial charge in [-0.1, -0.05) is 25.2 Å². The molecule has 2 fully saturated rings. The average molecular weight is 562 g/mol. The predicted molar refractivity (Wildman–Crippen MR) is 155 cm³/mol. The summed E-state index contributed by atoms with van der Waals surface area (Å²) in [7, 11) is 1.66. The molecular formula is C29H41ClFN5O3. The summed E-state index contributed by atoms with van der Waals surface area (Å²) in [5.74, 6) is -0.468. The second kappa shape index (κ2) is 15.1. The largest absolute Gasteiger partial charge is 0.472 e. The zero-order valence-electron chi connectivity index (χ0n) is 23.3. The van der Waals surface area contributed by atoms with E-state index in [1.165, 1.54) is 0 Å². The molecule has 3 aliphatic rings. The molecule has 3 rings (SSSR count). The van der Waals surface area contributed by atoms with E-state index in [-0.39, 0.29) is 36.0 Å². The molecule has 0 aromatic carbocycles. The van der Waals surface area contributed by atoms with Crippen LogP contribution < -0.4 is 11.1 Å². The summed E-state index contributed by atoms with van der Waals surface area (Å²) < 4.78 is 26.9. The highest BCUT2D eigenvalue weighted by atomic mass is 35.5. The van der Waals surface area contributed by atoms with E-state index in [4.69, 9.17) is 26.8 Å². The number of hydrogen-bond acceptors (Lipinski definition) is 7. The van der Waals surface area contributed by atoms with Gasteiger partial charge in [0, 0.05) is 62.6 Å². The molecule has 0 saturated carbocycles. The number of halogens is 2. The maximum absolute atomic E-state index is 14.9. The number of carbonyl (C=O) groups is 1. The number of allylic oxidation sites excluding steroid dienone is 5. The Morgan fingerprint density at radius 1 is 1.38 bits per heavy atom. The quantitative estimate of drug-likeness (QED) is 0.186. The molecule has 1 aliphatic carbocycles. The van der Waals surface area contributed by atoms with Crippen LogP contribution in [0.4, 0.5) is 4.39 Å². The number of aliphatic imine (C=N–C) groups is 2. The Balaban J connectivity index is 1.76. The molecule has 0 spiro atoms. The molecule has 0 aromatic heterocycles. The summed E-state index contributed by atoms with van der Waals surface area (Å²) in [5.41, 5.74) is 8.27. The summed E-state index contributed by atoms with van der Waals surface area (Å²) in [6.07, 6.45) is 13.4. The zero-order chi connectivity index (χ0) is 28.4. The van der Waals surface area contributed by atoms with Crippen LogP contribution in [0.5, 0.6) is 0 Å². The number of hydrogen-bond donors (Lipinski definition) is 2. The van der Waals surface area contributed by atoms with E-state index in [0.29, 0.717) is 54.4 Å². The maximum Gasteiger partial charge on any atom is 0.252 e. The molecule has 0 aromatic rings. The van der Waals surface area contributed by atoms with Gasteiger partial charge < -0.3 is 25.4 Å². The van der Waals surface area contributed by atoms with Gasteiger partial charge in [-0.25, -0.2) is 9.38 Å². The lowest BCUT2D eigenvalue weighted by atomic mass is 9.89. The van der Waals surface area contributed by atoms with Crippen molar-refractivity contribution in [3.63, 3.8) is 0 Å². The van der Waals surface area contributed by atoms with Crippen molar-refractivity contribution in [3.05, 3.63) is 58.7 Å². The van der Waals surface area contributed by atoms with E-state index in [9.17, 15) is 9.18 Å². The molecule has 2 aliphatic heterocycles. The summed E-state index contributed by atoms with van der Waals surface area (Å²) in [4.78, 5) is 23.8. The van der Waals surface area contributed by atoms with Gasteiger partial charge in [0.25, 0.3) is 5.91 Å². The lowest BCUT2D eigenvalue weighted by Gasteiger charge is -2.26. The van der Waals surface area contributed by atoms with Gasteiger partial charge in [0.2, 0.25) is 5.90 Å². The fraction of sp³-hybridized carbons (Fsp3) is 0.552. The highest BCUT2D eigenvalue weighted by Gasteiger charge is 2.30. The summed E-state index contributed by atoms with van der Waals surface area (Å²) in [6, 6.07) is -0.345. The van der Waals surface area contributed by atoms with Gasteiger partial charge in [-0.3, -0.25) is 9.79 Å². The smallest absolute Gasteiger partial charge is 0.252 e. The van der Waals surface area contributed by atoms with Crippen LogP contribution in [0.2, 0.25) is 0 Å². The number of alkyl halides is 1. The number of ether oxygens (including phenoxy) is 2. The first-order valence-electron chi connectivity index (χ1n) is 13.5. The molecule has 3 N–H and O–H groups in total. The molecule has 8 nitrogen and oxygen atoms in total. The average Bonchev–Trinajstić information content (AvgIpc) is 3.39. The van der Waals surface area contributed by atoms with Crippen LogP contribution in [0.3, 0.4) is 0 Å². The Labute approximate surface area is 236 Å². The first-order valence-corrected chi connectivity index (χ1v) is 14.1. The van der Waals surface area contributed by atoms with Crippen molar-refractivity contribution < 1.29 is 18.7 Å². The van der Waals surface area contributed by atoms with Gasteiger partial charge in [-0.05, 0) is 38.7 Å². The van der Waals surface area contributed by atoms with Crippen LogP contribution in [-0.2, 0) is 14.3 Å². The second-order valence-corrected chi connectivity index (χ2v) is 10.2. The summed E-state index contributed by atoms with van der Waals surface area (Å²) in [5, 5.41) is 2.96. The number of carbonyl (C=O) groups excluding carboxylic acids is 1. The van der Waals surface area contributed by atoms with Crippen molar-refractivity contribution in [2.24, 2.45) is 21.6 Å². The summed E-state index contributed by atoms with van der Waals surface area (Å²) >= 11 is 6.27. The first kappa shape index (κ1) is 30.8. The zero-order valence-corrected chi connectivity index (χ0v) is 24.1. The molecule has 1 amide bonds. The molecular weight excluding hydrogens is 521 g/mol. The monoisotopic (exact) mass is 561 g/mol. The lowest BCUT2D eigenvalue weighted by Crippen LogP contribution is -2.41. The van der Waals surface area contributed by atoms with E-state index in [0.717, 1.165) is 19.3 Å². The minimum absolute atomic E-state index is 0.0359. The van der Waals surface area contributed by atoms with Crippen LogP contribution in [0.15, 0.2) is 68.7 Å². The molecule has 4 atom stereocenters. The van der Waals surface area contributed by atoms with E-state index < -0.39 is 5.92 Å². The summed E-state index contributed by atoms with van der Waals surface area (Å²) in [6.45, 7) is 7.27. The molecule has 0 bridgehead atoms. The Hall–Kier alpha value is -2.75. The molecule has 2 heterocycles. The maximum atomic E-state index is 14.9. The Morgan fingerprint density at radius 2 is 2.18 bits per heavy atom.